The van der Waals surface area contributed by atoms with E-state index < -0.39 is 11.5 Å². The molecule has 2 N–H and O–H groups in total. The highest BCUT2D eigenvalue weighted by atomic mass is 19.1. The normalized spacial score (nSPS) is 12.4. The molecule has 0 bridgehead atoms. The summed E-state index contributed by atoms with van der Waals surface area (Å²) in [5.74, 6) is -1.36. The predicted molar refractivity (Wildman–Crippen MR) is 97.2 cm³/mol. The summed E-state index contributed by atoms with van der Waals surface area (Å²) in [5, 5.41) is 17.2. The number of aromatic nitrogens is 6. The van der Waals surface area contributed by atoms with Gasteiger partial charge in [0.05, 0.1) is 24.0 Å². The van der Waals surface area contributed by atoms with Gasteiger partial charge in [0.15, 0.2) is 5.52 Å². The molecule has 4 rings (SSSR count). The number of benzene rings is 1. The average molecular weight is 382 g/mol. The van der Waals surface area contributed by atoms with Crippen LogP contribution in [-0.4, -0.2) is 40.6 Å². The number of H-pyrrole nitrogens is 1. The highest BCUT2D eigenvalue weighted by molar-refractivity contribution is 5.87. The fourth-order valence-electron chi connectivity index (χ4n) is 2.98. The van der Waals surface area contributed by atoms with E-state index in [9.17, 15) is 14.0 Å². The Balaban J connectivity index is 1.79. The molecule has 9 nitrogen and oxygen atoms in total. The van der Waals surface area contributed by atoms with E-state index in [4.69, 9.17) is 5.11 Å². The molecule has 1 unspecified atom stereocenters. The van der Waals surface area contributed by atoms with Crippen molar-refractivity contribution in [1.82, 2.24) is 29.5 Å². The van der Waals surface area contributed by atoms with E-state index in [0.29, 0.717) is 11.1 Å². The Morgan fingerprint density at radius 1 is 1.29 bits per heavy atom. The number of halogens is 1. The summed E-state index contributed by atoms with van der Waals surface area (Å²) in [4.78, 5) is 30.6. The van der Waals surface area contributed by atoms with Gasteiger partial charge in [-0.3, -0.25) is 14.5 Å². The lowest BCUT2D eigenvalue weighted by Gasteiger charge is -2.14. The second-order valence-corrected chi connectivity index (χ2v) is 6.38. The van der Waals surface area contributed by atoms with Crippen LogP contribution in [0, 0.1) is 12.7 Å². The molecule has 0 aliphatic heterocycles. The SMILES string of the molecule is Cc1cc(C(C)n2ncc3nc(-n4cc(C(=O)O)cn4)[nH]c(=O)c32)ccc1F. The first-order chi connectivity index (χ1) is 13.3. The van der Waals surface area contributed by atoms with Crippen molar-refractivity contribution in [3.63, 3.8) is 0 Å². The van der Waals surface area contributed by atoms with Crippen LogP contribution < -0.4 is 5.56 Å². The van der Waals surface area contributed by atoms with Crippen molar-refractivity contribution in [2.75, 3.05) is 0 Å². The van der Waals surface area contributed by atoms with Gasteiger partial charge >= 0.3 is 5.97 Å². The van der Waals surface area contributed by atoms with E-state index >= 15 is 0 Å². The summed E-state index contributed by atoms with van der Waals surface area (Å²) in [6.07, 6.45) is 3.86. The lowest BCUT2D eigenvalue weighted by molar-refractivity contribution is 0.0697. The van der Waals surface area contributed by atoms with Crippen molar-refractivity contribution in [1.29, 1.82) is 0 Å². The monoisotopic (exact) mass is 382 g/mol. The zero-order chi connectivity index (χ0) is 20.0. The van der Waals surface area contributed by atoms with Gasteiger partial charge < -0.3 is 5.11 Å². The fourth-order valence-corrected chi connectivity index (χ4v) is 2.98. The number of aryl methyl sites for hydroxylation is 1. The maximum Gasteiger partial charge on any atom is 0.338 e. The third-order valence-corrected chi connectivity index (χ3v) is 4.52. The molecule has 142 valence electrons. The van der Waals surface area contributed by atoms with Gasteiger partial charge in [0, 0.05) is 6.20 Å². The number of carboxylic acid groups (broad SMARTS) is 1. The minimum Gasteiger partial charge on any atom is -0.478 e. The van der Waals surface area contributed by atoms with E-state index in [1.54, 1.807) is 19.1 Å². The van der Waals surface area contributed by atoms with E-state index in [2.05, 4.69) is 20.2 Å². The molecule has 3 aromatic heterocycles. The van der Waals surface area contributed by atoms with Gasteiger partial charge in [-0.15, -0.1) is 0 Å². The third kappa shape index (κ3) is 2.84. The number of nitrogens with one attached hydrogen (secondary N) is 1. The summed E-state index contributed by atoms with van der Waals surface area (Å²) in [6.45, 7) is 3.52. The third-order valence-electron chi connectivity index (χ3n) is 4.52. The van der Waals surface area contributed by atoms with Crippen LogP contribution in [0.5, 0.6) is 0 Å². The summed E-state index contributed by atoms with van der Waals surface area (Å²) in [6, 6.07) is 4.41. The van der Waals surface area contributed by atoms with Crippen molar-refractivity contribution in [3.05, 3.63) is 69.7 Å². The Morgan fingerprint density at radius 3 is 2.75 bits per heavy atom. The molecular weight excluding hydrogens is 367 g/mol. The molecule has 28 heavy (non-hydrogen) atoms. The van der Waals surface area contributed by atoms with Gasteiger partial charge in [0.1, 0.15) is 11.3 Å². The molecule has 0 aliphatic rings. The highest BCUT2D eigenvalue weighted by Gasteiger charge is 2.18. The molecule has 0 radical (unpaired) electrons. The second-order valence-electron chi connectivity index (χ2n) is 6.38. The van der Waals surface area contributed by atoms with E-state index in [1.807, 2.05) is 6.92 Å². The van der Waals surface area contributed by atoms with Crippen molar-refractivity contribution in [2.24, 2.45) is 0 Å². The molecular formula is C18H15FN6O3. The minimum atomic E-state index is -1.13. The van der Waals surface area contributed by atoms with Crippen LogP contribution in [0.2, 0.25) is 0 Å². The Labute approximate surface area is 157 Å². The molecule has 0 fully saturated rings. The van der Waals surface area contributed by atoms with E-state index in [-0.39, 0.29) is 28.9 Å². The molecule has 4 aromatic rings. The maximum atomic E-state index is 13.5. The zero-order valence-corrected chi connectivity index (χ0v) is 14.9. The minimum absolute atomic E-state index is 0.0289. The summed E-state index contributed by atoms with van der Waals surface area (Å²) < 4.78 is 16.2. The van der Waals surface area contributed by atoms with Gasteiger partial charge in [-0.2, -0.15) is 10.2 Å². The van der Waals surface area contributed by atoms with Crippen molar-refractivity contribution in [3.8, 4) is 5.95 Å². The van der Waals surface area contributed by atoms with Crippen LogP contribution in [0.1, 0.15) is 34.5 Å². The maximum absolute atomic E-state index is 13.5. The Kier molecular flexibility index (Phi) is 4.03. The summed E-state index contributed by atoms with van der Waals surface area (Å²) in [5.41, 5.74) is 1.41. The van der Waals surface area contributed by atoms with Crippen LogP contribution in [0.25, 0.3) is 17.0 Å². The topological polar surface area (TPSA) is 119 Å². The van der Waals surface area contributed by atoms with Crippen molar-refractivity contribution >= 4 is 17.0 Å². The van der Waals surface area contributed by atoms with Gasteiger partial charge in [-0.1, -0.05) is 12.1 Å². The van der Waals surface area contributed by atoms with Crippen molar-refractivity contribution in [2.45, 2.75) is 19.9 Å². The smallest absolute Gasteiger partial charge is 0.338 e. The van der Waals surface area contributed by atoms with E-state index in [1.165, 1.54) is 27.8 Å². The lowest BCUT2D eigenvalue weighted by Crippen LogP contribution is -2.19. The largest absolute Gasteiger partial charge is 0.478 e. The zero-order valence-electron chi connectivity index (χ0n) is 14.9. The number of aromatic carboxylic acids is 1. The highest BCUT2D eigenvalue weighted by Crippen LogP contribution is 2.22. The first-order valence-corrected chi connectivity index (χ1v) is 8.37. The number of carbonyl (C=O) groups is 1. The Morgan fingerprint density at radius 2 is 2.07 bits per heavy atom. The second kappa shape index (κ2) is 6.41. The molecule has 0 saturated heterocycles. The first kappa shape index (κ1) is 17.6. The lowest BCUT2D eigenvalue weighted by atomic mass is 10.1. The molecule has 10 heteroatoms. The molecule has 0 spiro atoms. The fraction of sp³-hybridized carbons (Fsp3) is 0.167. The van der Waals surface area contributed by atoms with Crippen LogP contribution in [0.15, 0.2) is 41.6 Å². The molecule has 0 saturated carbocycles. The van der Waals surface area contributed by atoms with Crippen LogP contribution in [0.4, 0.5) is 4.39 Å². The molecule has 1 atom stereocenters. The first-order valence-electron chi connectivity index (χ1n) is 8.37. The number of rotatable bonds is 4. The van der Waals surface area contributed by atoms with Crippen molar-refractivity contribution < 1.29 is 14.3 Å². The molecule has 0 aliphatic carbocycles. The van der Waals surface area contributed by atoms with Crippen LogP contribution in [0.3, 0.4) is 0 Å². The molecule has 1 aromatic carbocycles. The predicted octanol–water partition coefficient (Wildman–Crippen LogP) is 2.06. The van der Waals surface area contributed by atoms with Gasteiger partial charge in [0.2, 0.25) is 5.95 Å². The quantitative estimate of drug-likeness (QED) is 0.558. The number of hydrogen-bond donors (Lipinski definition) is 2. The van der Waals surface area contributed by atoms with E-state index in [0.717, 1.165) is 11.8 Å². The number of carboxylic acids is 1. The van der Waals surface area contributed by atoms with Gasteiger partial charge in [-0.25, -0.2) is 18.9 Å². The average Bonchev–Trinajstić information content (AvgIpc) is 3.30. The van der Waals surface area contributed by atoms with Crippen LogP contribution >= 0.6 is 0 Å². The summed E-state index contributed by atoms with van der Waals surface area (Å²) >= 11 is 0. The molecule has 0 amide bonds. The van der Waals surface area contributed by atoms with Gasteiger partial charge in [-0.05, 0) is 31.0 Å². The number of aromatic amines is 1. The Bertz CT molecular complexity index is 1270. The Hall–Kier alpha value is -3.82. The molecule has 3 heterocycles. The standard InChI is InChI=1S/C18H15FN6O3/c1-9-5-11(3-4-13(9)19)10(2)25-15-14(7-21-25)22-18(23-16(15)26)24-8-12(6-20-24)17(27)28/h3-8,10H,1-2H3,(H,27,28)(H,22,23,26). The van der Waals surface area contributed by atoms with Gasteiger partial charge in [0.25, 0.3) is 5.56 Å². The number of hydrogen-bond acceptors (Lipinski definition) is 5. The summed E-state index contributed by atoms with van der Waals surface area (Å²) in [7, 11) is 0. The number of nitrogens with zero attached hydrogens (tertiary/aromatic N) is 5. The van der Waals surface area contributed by atoms with Crippen LogP contribution in [-0.2, 0) is 0 Å². The number of fused-ring (bicyclic) bond motifs is 1.